The Morgan fingerprint density at radius 3 is 2.83 bits per heavy atom. The van der Waals surface area contributed by atoms with E-state index in [2.05, 4.69) is 16.5 Å². The summed E-state index contributed by atoms with van der Waals surface area (Å²) >= 11 is 7.55. The Hall–Kier alpha value is -1.52. The molecule has 0 fully saturated rings. The van der Waals surface area contributed by atoms with Crippen LogP contribution >= 0.6 is 22.9 Å². The van der Waals surface area contributed by atoms with Crippen LogP contribution in [0, 0.1) is 6.92 Å². The molecular formula is C13H12ClN3S. The topological polar surface area (TPSA) is 43.8 Å². The molecule has 5 heteroatoms. The maximum absolute atomic E-state index is 6.09. The van der Waals surface area contributed by atoms with E-state index in [1.54, 1.807) is 0 Å². The molecule has 0 aliphatic heterocycles. The molecule has 0 spiro atoms. The number of nitrogen functional groups attached to an aromatic ring is 1. The summed E-state index contributed by atoms with van der Waals surface area (Å²) in [7, 11) is 2.05. The van der Waals surface area contributed by atoms with E-state index in [1.165, 1.54) is 11.3 Å². The number of benzene rings is 1. The van der Waals surface area contributed by atoms with Gasteiger partial charge in [0.15, 0.2) is 5.13 Å². The Balaban J connectivity index is 2.40. The average Bonchev–Trinajstić information content (AvgIpc) is 2.84. The van der Waals surface area contributed by atoms with Crippen LogP contribution in [0.1, 0.15) is 5.69 Å². The fourth-order valence-corrected chi connectivity index (χ4v) is 3.00. The van der Waals surface area contributed by atoms with Crippen molar-refractivity contribution in [3.8, 4) is 11.3 Å². The lowest BCUT2D eigenvalue weighted by molar-refractivity contribution is 0.919. The fraction of sp³-hybridized carbons (Fsp3) is 0.154. The molecule has 0 radical (unpaired) electrons. The van der Waals surface area contributed by atoms with Crippen LogP contribution in [-0.2, 0) is 7.05 Å². The quantitative estimate of drug-likeness (QED) is 0.734. The van der Waals surface area contributed by atoms with Crippen LogP contribution in [0.2, 0.25) is 5.02 Å². The summed E-state index contributed by atoms with van der Waals surface area (Å²) in [5.74, 6) is 0. The van der Waals surface area contributed by atoms with E-state index in [1.807, 2.05) is 30.6 Å². The molecule has 2 heterocycles. The van der Waals surface area contributed by atoms with Gasteiger partial charge in [-0.15, -0.1) is 11.3 Å². The first-order valence-electron chi connectivity index (χ1n) is 5.54. The predicted octanol–water partition coefficient (Wildman–Crippen LogP) is 3.85. The second-order valence-electron chi connectivity index (χ2n) is 4.25. The average molecular weight is 278 g/mol. The van der Waals surface area contributed by atoms with Crippen LogP contribution < -0.4 is 5.73 Å². The van der Waals surface area contributed by atoms with Crippen molar-refractivity contribution in [3.63, 3.8) is 0 Å². The Labute approximate surface area is 114 Å². The first kappa shape index (κ1) is 11.6. The SMILES string of the molecule is Cc1c(-c2csc(N)n2)c2cc(Cl)ccc2n1C. The molecule has 0 aliphatic rings. The maximum Gasteiger partial charge on any atom is 0.180 e. The smallest absolute Gasteiger partial charge is 0.180 e. The minimum absolute atomic E-state index is 0.587. The number of nitrogens with two attached hydrogens (primary N) is 1. The number of hydrogen-bond donors (Lipinski definition) is 1. The fourth-order valence-electron chi connectivity index (χ4n) is 2.27. The van der Waals surface area contributed by atoms with Crippen LogP contribution in [0.4, 0.5) is 5.13 Å². The highest BCUT2D eigenvalue weighted by molar-refractivity contribution is 7.13. The lowest BCUT2D eigenvalue weighted by Crippen LogP contribution is -1.90. The standard InChI is InChI=1S/C13H12ClN3S/c1-7-12(10-6-18-13(15)16-10)9-5-8(14)3-4-11(9)17(7)2/h3-6H,1-2H3,(H2,15,16). The van der Waals surface area contributed by atoms with Crippen LogP contribution in [0.3, 0.4) is 0 Å². The maximum atomic E-state index is 6.09. The second kappa shape index (κ2) is 4.00. The van der Waals surface area contributed by atoms with Gasteiger partial charge in [0.25, 0.3) is 0 Å². The van der Waals surface area contributed by atoms with Crippen molar-refractivity contribution in [2.45, 2.75) is 6.92 Å². The number of anilines is 1. The molecule has 0 unspecified atom stereocenters. The molecule has 0 saturated heterocycles. The van der Waals surface area contributed by atoms with Crippen molar-refractivity contribution >= 4 is 39.0 Å². The van der Waals surface area contributed by atoms with Crippen molar-refractivity contribution < 1.29 is 0 Å². The first-order chi connectivity index (χ1) is 8.58. The van der Waals surface area contributed by atoms with Crippen LogP contribution in [0.25, 0.3) is 22.2 Å². The van der Waals surface area contributed by atoms with Gasteiger partial charge in [-0.05, 0) is 25.1 Å². The third kappa shape index (κ3) is 1.61. The van der Waals surface area contributed by atoms with Gasteiger partial charge in [-0.2, -0.15) is 0 Å². The summed E-state index contributed by atoms with van der Waals surface area (Å²) in [4.78, 5) is 4.37. The first-order valence-corrected chi connectivity index (χ1v) is 6.79. The Morgan fingerprint density at radius 2 is 2.17 bits per heavy atom. The molecule has 92 valence electrons. The lowest BCUT2D eigenvalue weighted by atomic mass is 10.1. The normalized spacial score (nSPS) is 11.3. The molecule has 3 nitrogen and oxygen atoms in total. The molecule has 2 aromatic heterocycles. The van der Waals surface area contributed by atoms with Crippen LogP contribution in [-0.4, -0.2) is 9.55 Å². The van der Waals surface area contributed by atoms with E-state index in [0.717, 1.165) is 32.9 Å². The van der Waals surface area contributed by atoms with E-state index >= 15 is 0 Å². The summed E-state index contributed by atoms with van der Waals surface area (Å²) in [5.41, 5.74) is 10.1. The van der Waals surface area contributed by atoms with Crippen molar-refractivity contribution in [2.75, 3.05) is 5.73 Å². The van der Waals surface area contributed by atoms with Crippen molar-refractivity contribution in [2.24, 2.45) is 7.05 Å². The van der Waals surface area contributed by atoms with Gasteiger partial charge in [-0.25, -0.2) is 4.98 Å². The summed E-state index contributed by atoms with van der Waals surface area (Å²) in [5, 5.41) is 4.42. The predicted molar refractivity (Wildman–Crippen MR) is 78.2 cm³/mol. The summed E-state index contributed by atoms with van der Waals surface area (Å²) in [6.45, 7) is 2.08. The van der Waals surface area contributed by atoms with Crippen molar-refractivity contribution in [1.82, 2.24) is 9.55 Å². The van der Waals surface area contributed by atoms with Gasteiger partial charge < -0.3 is 10.3 Å². The highest BCUT2D eigenvalue weighted by atomic mass is 35.5. The lowest BCUT2D eigenvalue weighted by Gasteiger charge is -1.98. The van der Waals surface area contributed by atoms with Gasteiger partial charge >= 0.3 is 0 Å². The number of aryl methyl sites for hydroxylation is 1. The number of hydrogen-bond acceptors (Lipinski definition) is 3. The van der Waals surface area contributed by atoms with E-state index < -0.39 is 0 Å². The van der Waals surface area contributed by atoms with Gasteiger partial charge in [-0.3, -0.25) is 0 Å². The number of thiazole rings is 1. The van der Waals surface area contributed by atoms with Crippen LogP contribution in [0.15, 0.2) is 23.6 Å². The molecular weight excluding hydrogens is 266 g/mol. The number of nitrogens with zero attached hydrogens (tertiary/aromatic N) is 2. The molecule has 3 rings (SSSR count). The Kier molecular flexibility index (Phi) is 2.57. The zero-order chi connectivity index (χ0) is 12.9. The van der Waals surface area contributed by atoms with E-state index in [-0.39, 0.29) is 0 Å². The highest BCUT2D eigenvalue weighted by Gasteiger charge is 2.16. The van der Waals surface area contributed by atoms with Gasteiger partial charge in [0.1, 0.15) is 0 Å². The van der Waals surface area contributed by atoms with Crippen LogP contribution in [0.5, 0.6) is 0 Å². The molecule has 18 heavy (non-hydrogen) atoms. The summed E-state index contributed by atoms with van der Waals surface area (Å²) in [6, 6.07) is 5.92. The zero-order valence-corrected chi connectivity index (χ0v) is 11.6. The summed E-state index contributed by atoms with van der Waals surface area (Å²) in [6.07, 6.45) is 0. The van der Waals surface area contributed by atoms with E-state index in [9.17, 15) is 0 Å². The summed E-state index contributed by atoms with van der Waals surface area (Å²) < 4.78 is 2.15. The van der Waals surface area contributed by atoms with E-state index in [0.29, 0.717) is 5.13 Å². The molecule has 3 aromatic rings. The van der Waals surface area contributed by atoms with Gasteiger partial charge in [0.2, 0.25) is 0 Å². The molecule has 0 bridgehead atoms. The van der Waals surface area contributed by atoms with Gasteiger partial charge in [0.05, 0.1) is 5.69 Å². The third-order valence-corrected chi connectivity index (χ3v) is 4.14. The molecule has 0 atom stereocenters. The molecule has 1 aromatic carbocycles. The molecule has 0 saturated carbocycles. The number of fused-ring (bicyclic) bond motifs is 1. The highest BCUT2D eigenvalue weighted by Crippen LogP contribution is 2.36. The molecule has 0 amide bonds. The second-order valence-corrected chi connectivity index (χ2v) is 5.58. The Bertz CT molecular complexity index is 742. The molecule has 2 N–H and O–H groups in total. The number of halogens is 1. The van der Waals surface area contributed by atoms with E-state index in [4.69, 9.17) is 17.3 Å². The van der Waals surface area contributed by atoms with Crippen molar-refractivity contribution in [1.29, 1.82) is 0 Å². The number of aromatic nitrogens is 2. The van der Waals surface area contributed by atoms with Gasteiger partial charge in [0, 0.05) is 39.6 Å². The minimum atomic E-state index is 0.587. The monoisotopic (exact) mass is 277 g/mol. The zero-order valence-electron chi connectivity index (χ0n) is 10.1. The number of rotatable bonds is 1. The minimum Gasteiger partial charge on any atom is -0.375 e. The Morgan fingerprint density at radius 1 is 1.39 bits per heavy atom. The van der Waals surface area contributed by atoms with Gasteiger partial charge in [-0.1, -0.05) is 11.6 Å². The third-order valence-electron chi connectivity index (χ3n) is 3.23. The largest absolute Gasteiger partial charge is 0.375 e. The van der Waals surface area contributed by atoms with Crippen molar-refractivity contribution in [3.05, 3.63) is 34.3 Å². The molecule has 0 aliphatic carbocycles.